The van der Waals surface area contributed by atoms with Gasteiger partial charge in [-0.1, -0.05) is 13.8 Å². The predicted octanol–water partition coefficient (Wildman–Crippen LogP) is 2.90. The molecule has 2 aromatic rings. The molecule has 0 bridgehead atoms. The summed E-state index contributed by atoms with van der Waals surface area (Å²) in [4.78, 5) is 30.4. The molecule has 0 radical (unpaired) electrons. The van der Waals surface area contributed by atoms with Crippen LogP contribution in [0.1, 0.15) is 45.2 Å². The Bertz CT molecular complexity index is 1030. The van der Waals surface area contributed by atoms with Gasteiger partial charge in [0.1, 0.15) is 28.7 Å². The van der Waals surface area contributed by atoms with Gasteiger partial charge in [-0.2, -0.15) is 10.2 Å². The molecule has 0 aromatic carbocycles. The number of fused-ring (bicyclic) bond motifs is 1. The minimum Gasteiger partial charge on any atom is -0.437 e. The number of imide groups is 1. The summed E-state index contributed by atoms with van der Waals surface area (Å²) >= 11 is 0. The van der Waals surface area contributed by atoms with E-state index in [1.165, 1.54) is 0 Å². The third kappa shape index (κ3) is 2.54. The molecule has 0 unspecified atom stereocenters. The number of aryl methyl sites for hydroxylation is 1. The minimum atomic E-state index is -0.553. The number of likely N-dealkylation sites (N-methyl/N-ethyl adjacent to an activating group) is 1. The summed E-state index contributed by atoms with van der Waals surface area (Å²) in [6.07, 6.45) is 1.57. The zero-order chi connectivity index (χ0) is 19.2. The molecule has 134 valence electrons. The molecular weight excluding hydrogens is 332 g/mol. The first-order valence-electron chi connectivity index (χ1n) is 8.45. The first kappa shape index (κ1) is 17.7. The molecule has 0 saturated carbocycles. The van der Waals surface area contributed by atoms with Crippen LogP contribution in [0.15, 0.2) is 27.2 Å². The Balaban J connectivity index is 2.12. The smallest absolute Gasteiger partial charge is 0.271 e. The Kier molecular flexibility index (Phi) is 4.28. The highest BCUT2D eigenvalue weighted by molar-refractivity contribution is 6.19. The summed E-state index contributed by atoms with van der Waals surface area (Å²) in [7, 11) is 1.92. The van der Waals surface area contributed by atoms with Gasteiger partial charge in [0.25, 0.3) is 11.8 Å². The molecule has 3 heterocycles. The van der Waals surface area contributed by atoms with Crippen LogP contribution in [0.4, 0.5) is 0 Å². The quantitative estimate of drug-likeness (QED) is 0.625. The van der Waals surface area contributed by atoms with E-state index in [1.54, 1.807) is 26.0 Å². The molecule has 0 aliphatic carbocycles. The largest absolute Gasteiger partial charge is 0.437 e. The maximum Gasteiger partial charge on any atom is 0.271 e. The van der Waals surface area contributed by atoms with Crippen molar-refractivity contribution in [2.24, 2.45) is 7.05 Å². The molecule has 1 aliphatic heterocycles. The highest BCUT2D eigenvalue weighted by Gasteiger charge is 2.34. The van der Waals surface area contributed by atoms with Crippen LogP contribution in [-0.4, -0.2) is 32.8 Å². The van der Waals surface area contributed by atoms with E-state index in [0.717, 1.165) is 16.2 Å². The Morgan fingerprint density at radius 3 is 2.58 bits per heavy atom. The molecule has 0 saturated heterocycles. The Hall–Kier alpha value is -3.14. The first-order valence-corrected chi connectivity index (χ1v) is 8.45. The van der Waals surface area contributed by atoms with Gasteiger partial charge in [-0.25, -0.2) is 0 Å². The van der Waals surface area contributed by atoms with Gasteiger partial charge in [-0.15, -0.1) is 0 Å². The number of furan rings is 1. The standard InChI is InChI=1S/C19H20N4O3/c1-6-23-18(24)13(11(4)14(9-20)19(23)25)7-12-8-15-17(26-12)21-16(10(2)3)22(15)5/h7-8,10H,6H2,1-5H3/b13-7-. The zero-order valence-electron chi connectivity index (χ0n) is 15.5. The van der Waals surface area contributed by atoms with Crippen LogP contribution in [0.5, 0.6) is 0 Å². The molecule has 7 nitrogen and oxygen atoms in total. The van der Waals surface area contributed by atoms with Gasteiger partial charge in [-0.3, -0.25) is 14.5 Å². The van der Waals surface area contributed by atoms with Crippen molar-refractivity contribution in [3.8, 4) is 6.07 Å². The fraction of sp³-hybridized carbons (Fsp3) is 0.368. The van der Waals surface area contributed by atoms with E-state index in [-0.39, 0.29) is 23.6 Å². The lowest BCUT2D eigenvalue weighted by molar-refractivity contribution is -0.140. The topological polar surface area (TPSA) is 92.1 Å². The number of aromatic nitrogens is 2. The zero-order valence-corrected chi connectivity index (χ0v) is 15.5. The molecule has 2 aromatic heterocycles. The van der Waals surface area contributed by atoms with E-state index in [9.17, 15) is 14.9 Å². The molecule has 2 amide bonds. The van der Waals surface area contributed by atoms with Crippen LogP contribution < -0.4 is 0 Å². The Morgan fingerprint density at radius 1 is 1.35 bits per heavy atom. The monoisotopic (exact) mass is 352 g/mol. The molecule has 1 aliphatic rings. The van der Waals surface area contributed by atoms with Crippen molar-refractivity contribution in [2.75, 3.05) is 6.54 Å². The summed E-state index contributed by atoms with van der Waals surface area (Å²) in [5, 5.41) is 9.28. The third-order valence-corrected chi connectivity index (χ3v) is 4.58. The van der Waals surface area contributed by atoms with Crippen molar-refractivity contribution in [1.82, 2.24) is 14.5 Å². The van der Waals surface area contributed by atoms with Crippen LogP contribution >= 0.6 is 0 Å². The third-order valence-electron chi connectivity index (χ3n) is 4.58. The summed E-state index contributed by atoms with van der Waals surface area (Å²) < 4.78 is 7.73. The predicted molar refractivity (Wildman–Crippen MR) is 95.8 cm³/mol. The van der Waals surface area contributed by atoms with Gasteiger partial charge in [0.05, 0.1) is 0 Å². The fourth-order valence-electron chi connectivity index (χ4n) is 3.16. The fourth-order valence-corrected chi connectivity index (χ4v) is 3.16. The average Bonchev–Trinajstić information content (AvgIpc) is 3.11. The van der Waals surface area contributed by atoms with Crippen LogP contribution in [0.2, 0.25) is 0 Å². The first-order chi connectivity index (χ1) is 12.3. The molecule has 0 N–H and O–H groups in total. The van der Waals surface area contributed by atoms with Crippen molar-refractivity contribution in [3.05, 3.63) is 34.4 Å². The van der Waals surface area contributed by atoms with Gasteiger partial charge in [0.2, 0.25) is 5.71 Å². The second-order valence-electron chi connectivity index (χ2n) is 6.55. The van der Waals surface area contributed by atoms with Crippen molar-refractivity contribution in [2.45, 2.75) is 33.6 Å². The highest BCUT2D eigenvalue weighted by atomic mass is 16.3. The average molecular weight is 352 g/mol. The Labute approximate surface area is 151 Å². The van der Waals surface area contributed by atoms with Crippen LogP contribution in [0.25, 0.3) is 17.3 Å². The number of carbonyl (C=O) groups is 2. The second kappa shape index (κ2) is 6.30. The van der Waals surface area contributed by atoms with E-state index < -0.39 is 11.8 Å². The van der Waals surface area contributed by atoms with Crippen molar-refractivity contribution >= 4 is 29.1 Å². The normalized spacial score (nSPS) is 17.1. The molecule has 26 heavy (non-hydrogen) atoms. The number of imidazole rings is 1. The number of hydrogen-bond acceptors (Lipinski definition) is 5. The van der Waals surface area contributed by atoms with Crippen LogP contribution in [0.3, 0.4) is 0 Å². The van der Waals surface area contributed by atoms with Gasteiger partial charge < -0.3 is 8.98 Å². The molecular formula is C19H20N4O3. The number of carbonyl (C=O) groups excluding carboxylic acids is 2. The number of hydrogen-bond donors (Lipinski definition) is 0. The van der Waals surface area contributed by atoms with Crippen LogP contribution in [0, 0.1) is 11.3 Å². The maximum absolute atomic E-state index is 12.6. The molecule has 7 heteroatoms. The lowest BCUT2D eigenvalue weighted by atomic mass is 9.95. The highest BCUT2D eigenvalue weighted by Crippen LogP contribution is 2.29. The van der Waals surface area contributed by atoms with Gasteiger partial charge in [0.15, 0.2) is 0 Å². The van der Waals surface area contributed by atoms with Crippen molar-refractivity contribution in [3.63, 3.8) is 0 Å². The lowest BCUT2D eigenvalue weighted by Crippen LogP contribution is -2.42. The Morgan fingerprint density at radius 2 is 2.04 bits per heavy atom. The lowest BCUT2D eigenvalue weighted by Gasteiger charge is -2.25. The van der Waals surface area contributed by atoms with Gasteiger partial charge in [0, 0.05) is 31.1 Å². The van der Waals surface area contributed by atoms with E-state index in [0.29, 0.717) is 17.0 Å². The van der Waals surface area contributed by atoms with Crippen molar-refractivity contribution < 1.29 is 14.0 Å². The number of nitrogens with zero attached hydrogens (tertiary/aromatic N) is 4. The SMILES string of the molecule is CCN1C(=O)C(C#N)=C(C)/C(=C/c2cc3c(nc(C(C)C)n3C)o2)C1=O. The van der Waals surface area contributed by atoms with Gasteiger partial charge in [-0.05, 0) is 25.5 Å². The number of nitriles is 1. The van der Waals surface area contributed by atoms with Crippen molar-refractivity contribution in [1.29, 1.82) is 5.26 Å². The molecule has 3 rings (SSSR count). The maximum atomic E-state index is 12.6. The van der Waals surface area contributed by atoms with E-state index >= 15 is 0 Å². The van der Waals surface area contributed by atoms with E-state index in [2.05, 4.69) is 18.8 Å². The summed E-state index contributed by atoms with van der Waals surface area (Å²) in [5.74, 6) is 0.653. The number of amides is 2. The molecule has 0 fully saturated rings. The molecule has 0 spiro atoms. The van der Waals surface area contributed by atoms with Gasteiger partial charge >= 0.3 is 0 Å². The minimum absolute atomic E-state index is 0.0194. The van der Waals surface area contributed by atoms with Crippen LogP contribution in [-0.2, 0) is 16.6 Å². The summed E-state index contributed by atoms with van der Waals surface area (Å²) in [6.45, 7) is 7.61. The second-order valence-corrected chi connectivity index (χ2v) is 6.55. The molecule has 0 atom stereocenters. The summed E-state index contributed by atoms with van der Waals surface area (Å²) in [5.41, 5.74) is 1.95. The number of rotatable bonds is 3. The van der Waals surface area contributed by atoms with E-state index in [1.807, 2.05) is 17.7 Å². The van der Waals surface area contributed by atoms with E-state index in [4.69, 9.17) is 4.42 Å². The summed E-state index contributed by atoms with van der Waals surface area (Å²) in [6, 6.07) is 3.71.